The summed E-state index contributed by atoms with van der Waals surface area (Å²) >= 11 is 0. The van der Waals surface area contributed by atoms with Gasteiger partial charge < -0.3 is 4.57 Å². The number of carbonyl (C=O) groups is 1. The predicted molar refractivity (Wildman–Crippen MR) is 65.1 cm³/mol. The van der Waals surface area contributed by atoms with Crippen LogP contribution < -0.4 is 10.9 Å². The van der Waals surface area contributed by atoms with Gasteiger partial charge in [-0.25, -0.2) is 0 Å². The summed E-state index contributed by atoms with van der Waals surface area (Å²) in [7, 11) is 0. The first-order chi connectivity index (χ1) is 8.65. The molecule has 0 aromatic carbocycles. The number of pyridine rings is 1. The molecule has 18 heavy (non-hydrogen) atoms. The van der Waals surface area contributed by atoms with Crippen LogP contribution in [0.5, 0.6) is 0 Å². The molecule has 2 heterocycles. The molecule has 2 aromatic heterocycles. The Labute approximate surface area is 103 Å². The van der Waals surface area contributed by atoms with Crippen molar-refractivity contribution in [2.75, 3.05) is 5.32 Å². The molecule has 2 aromatic rings. The van der Waals surface area contributed by atoms with Gasteiger partial charge in [0.15, 0.2) is 0 Å². The molecule has 0 aliphatic carbocycles. The van der Waals surface area contributed by atoms with Crippen molar-refractivity contribution in [1.82, 2.24) is 19.7 Å². The average molecular weight is 247 g/mol. The summed E-state index contributed by atoms with van der Waals surface area (Å²) in [6.45, 7) is 2.07. The number of aromatic nitrogens is 4. The van der Waals surface area contributed by atoms with Gasteiger partial charge in [-0.3, -0.25) is 20.0 Å². The van der Waals surface area contributed by atoms with Crippen molar-refractivity contribution in [3.05, 3.63) is 40.6 Å². The quantitative estimate of drug-likeness (QED) is 0.812. The fourth-order valence-corrected chi connectivity index (χ4v) is 1.45. The third kappa shape index (κ3) is 3.03. The third-order valence-corrected chi connectivity index (χ3v) is 2.33. The molecule has 0 spiro atoms. The summed E-state index contributed by atoms with van der Waals surface area (Å²) in [5.74, 6) is 0.646. The molecule has 0 aliphatic heterocycles. The first-order valence-corrected chi connectivity index (χ1v) is 5.49. The Balaban J connectivity index is 1.89. The molecule has 0 aliphatic rings. The first-order valence-electron chi connectivity index (χ1n) is 5.49. The molecule has 2 N–H and O–H groups in total. The Bertz CT molecular complexity index is 601. The summed E-state index contributed by atoms with van der Waals surface area (Å²) in [5.41, 5.74) is -0.126. The van der Waals surface area contributed by atoms with E-state index < -0.39 is 0 Å². The third-order valence-electron chi connectivity index (χ3n) is 2.33. The summed E-state index contributed by atoms with van der Waals surface area (Å²) in [5, 5.41) is 8.96. The number of aromatic amines is 1. The van der Waals surface area contributed by atoms with E-state index in [2.05, 4.69) is 20.5 Å². The highest BCUT2D eigenvalue weighted by atomic mass is 16.2. The number of aryl methyl sites for hydroxylation is 2. The van der Waals surface area contributed by atoms with Gasteiger partial charge in [-0.2, -0.15) is 4.98 Å². The zero-order chi connectivity index (χ0) is 13.0. The summed E-state index contributed by atoms with van der Waals surface area (Å²) in [4.78, 5) is 26.9. The summed E-state index contributed by atoms with van der Waals surface area (Å²) in [6.07, 6.45) is 1.84. The molecule has 7 nitrogen and oxygen atoms in total. The second-order valence-electron chi connectivity index (χ2n) is 3.77. The van der Waals surface area contributed by atoms with Crippen molar-refractivity contribution < 1.29 is 4.79 Å². The number of hydrogen-bond donors (Lipinski definition) is 2. The van der Waals surface area contributed by atoms with E-state index in [1.165, 1.54) is 10.6 Å². The largest absolute Gasteiger partial charge is 0.315 e. The van der Waals surface area contributed by atoms with Crippen LogP contribution in [0.1, 0.15) is 12.2 Å². The van der Waals surface area contributed by atoms with Crippen molar-refractivity contribution in [3.8, 4) is 0 Å². The predicted octanol–water partition coefficient (Wildman–Crippen LogP) is 0.304. The van der Waals surface area contributed by atoms with Crippen LogP contribution in [0.25, 0.3) is 0 Å². The van der Waals surface area contributed by atoms with Crippen LogP contribution in [0, 0.1) is 6.92 Å². The van der Waals surface area contributed by atoms with Crippen molar-refractivity contribution in [3.63, 3.8) is 0 Å². The molecule has 0 atom stereocenters. The molecule has 0 fully saturated rings. The fourth-order valence-electron chi connectivity index (χ4n) is 1.45. The molecule has 7 heteroatoms. The highest BCUT2D eigenvalue weighted by molar-refractivity contribution is 5.88. The molecule has 0 saturated carbocycles. The van der Waals surface area contributed by atoms with Gasteiger partial charge in [0.1, 0.15) is 5.82 Å². The van der Waals surface area contributed by atoms with Crippen LogP contribution in [-0.2, 0) is 11.3 Å². The van der Waals surface area contributed by atoms with Gasteiger partial charge in [-0.15, -0.1) is 5.10 Å². The van der Waals surface area contributed by atoms with Crippen LogP contribution in [0.3, 0.4) is 0 Å². The minimum atomic E-state index is -0.232. The van der Waals surface area contributed by atoms with Crippen molar-refractivity contribution in [1.29, 1.82) is 0 Å². The lowest BCUT2D eigenvalue weighted by atomic mass is 10.3. The number of carbonyl (C=O) groups excluding carboxylic acids is 1. The van der Waals surface area contributed by atoms with E-state index in [0.717, 1.165) is 0 Å². The van der Waals surface area contributed by atoms with Crippen LogP contribution in [0.2, 0.25) is 0 Å². The zero-order valence-corrected chi connectivity index (χ0v) is 9.88. The van der Waals surface area contributed by atoms with E-state index in [9.17, 15) is 9.59 Å². The Kier molecular flexibility index (Phi) is 3.52. The molecule has 2 rings (SSSR count). The van der Waals surface area contributed by atoms with Crippen molar-refractivity contribution in [2.45, 2.75) is 19.9 Å². The molecule has 0 radical (unpaired) electrons. The fraction of sp³-hybridized carbons (Fsp3) is 0.273. The van der Waals surface area contributed by atoms with E-state index in [0.29, 0.717) is 12.4 Å². The minimum absolute atomic E-state index is 0.126. The maximum absolute atomic E-state index is 11.6. The molecular weight excluding hydrogens is 234 g/mol. The highest BCUT2D eigenvalue weighted by Crippen LogP contribution is 1.98. The second kappa shape index (κ2) is 5.26. The summed E-state index contributed by atoms with van der Waals surface area (Å²) < 4.78 is 1.48. The maximum Gasteiger partial charge on any atom is 0.250 e. The smallest absolute Gasteiger partial charge is 0.250 e. The second-order valence-corrected chi connectivity index (χ2v) is 3.77. The standard InChI is InChI=1S/C11H13N5O2/c1-8-12-11(15-14-8)13-9(17)5-7-16-6-3-2-4-10(16)18/h2-4,6H,5,7H2,1H3,(H2,12,13,14,15,17). The lowest BCUT2D eigenvalue weighted by Crippen LogP contribution is -2.22. The van der Waals surface area contributed by atoms with Gasteiger partial charge in [0.05, 0.1) is 0 Å². The van der Waals surface area contributed by atoms with E-state index in [4.69, 9.17) is 0 Å². The van der Waals surface area contributed by atoms with Crippen molar-refractivity contribution in [2.24, 2.45) is 0 Å². The molecule has 94 valence electrons. The number of amides is 1. The van der Waals surface area contributed by atoms with E-state index >= 15 is 0 Å². The Hall–Kier alpha value is -2.44. The van der Waals surface area contributed by atoms with Crippen LogP contribution >= 0.6 is 0 Å². The normalized spacial score (nSPS) is 10.3. The molecule has 0 bridgehead atoms. The molecule has 0 saturated heterocycles. The van der Waals surface area contributed by atoms with E-state index in [1.807, 2.05) is 0 Å². The Morgan fingerprint density at radius 3 is 3.00 bits per heavy atom. The number of nitrogens with one attached hydrogen (secondary N) is 2. The number of anilines is 1. The SMILES string of the molecule is Cc1nc(NC(=O)CCn2ccccc2=O)n[nH]1. The monoisotopic (exact) mass is 247 g/mol. The van der Waals surface area contributed by atoms with Crippen LogP contribution in [-0.4, -0.2) is 25.7 Å². The number of nitrogens with zero attached hydrogens (tertiary/aromatic N) is 3. The Morgan fingerprint density at radius 2 is 2.33 bits per heavy atom. The van der Waals surface area contributed by atoms with Crippen LogP contribution in [0.4, 0.5) is 5.95 Å². The van der Waals surface area contributed by atoms with Gasteiger partial charge in [0.25, 0.3) is 5.56 Å². The topological polar surface area (TPSA) is 92.7 Å². The van der Waals surface area contributed by atoms with Gasteiger partial charge in [0.2, 0.25) is 11.9 Å². The zero-order valence-electron chi connectivity index (χ0n) is 9.88. The highest BCUT2D eigenvalue weighted by Gasteiger charge is 2.06. The number of rotatable bonds is 4. The van der Waals surface area contributed by atoms with Gasteiger partial charge >= 0.3 is 0 Å². The number of hydrogen-bond acceptors (Lipinski definition) is 4. The average Bonchev–Trinajstić information content (AvgIpc) is 2.74. The van der Waals surface area contributed by atoms with E-state index in [1.54, 1.807) is 25.3 Å². The van der Waals surface area contributed by atoms with Gasteiger partial charge in [0, 0.05) is 25.2 Å². The lowest BCUT2D eigenvalue weighted by Gasteiger charge is -2.04. The molecule has 1 amide bonds. The Morgan fingerprint density at radius 1 is 1.50 bits per heavy atom. The minimum Gasteiger partial charge on any atom is -0.315 e. The van der Waals surface area contributed by atoms with Crippen LogP contribution in [0.15, 0.2) is 29.2 Å². The number of H-pyrrole nitrogens is 1. The lowest BCUT2D eigenvalue weighted by molar-refractivity contribution is -0.116. The summed E-state index contributed by atoms with van der Waals surface area (Å²) in [6, 6.07) is 4.86. The van der Waals surface area contributed by atoms with Gasteiger partial charge in [-0.1, -0.05) is 6.07 Å². The molecule has 0 unspecified atom stereocenters. The van der Waals surface area contributed by atoms with Crippen molar-refractivity contribution >= 4 is 11.9 Å². The van der Waals surface area contributed by atoms with E-state index in [-0.39, 0.29) is 23.8 Å². The molecular formula is C11H13N5O2. The first kappa shape index (κ1) is 12.0. The van der Waals surface area contributed by atoms with Gasteiger partial charge in [-0.05, 0) is 13.0 Å². The maximum atomic E-state index is 11.6.